The number of nitrogens with zero attached hydrogens (tertiary/aromatic N) is 2. The Morgan fingerprint density at radius 1 is 1.40 bits per heavy atom. The minimum atomic E-state index is -0.144. The van der Waals surface area contributed by atoms with Crippen LogP contribution in [0.25, 0.3) is 0 Å². The zero-order valence-electron chi connectivity index (χ0n) is 11.4. The number of aromatic amines is 1. The van der Waals surface area contributed by atoms with E-state index in [9.17, 15) is 4.79 Å². The summed E-state index contributed by atoms with van der Waals surface area (Å²) in [5.41, 5.74) is 0.965. The Labute approximate surface area is 117 Å². The lowest BCUT2D eigenvalue weighted by atomic mass is 10.0. The van der Waals surface area contributed by atoms with Gasteiger partial charge in [-0.1, -0.05) is 18.2 Å². The molecule has 2 heterocycles. The van der Waals surface area contributed by atoms with Gasteiger partial charge in [-0.15, -0.1) is 0 Å². The molecular weight excluding hydrogens is 254 g/mol. The average Bonchev–Trinajstić information content (AvgIpc) is 2.96. The highest BCUT2D eigenvalue weighted by Crippen LogP contribution is 2.37. The van der Waals surface area contributed by atoms with Gasteiger partial charge >= 0.3 is 0 Å². The maximum absolute atomic E-state index is 11.9. The van der Waals surface area contributed by atoms with E-state index >= 15 is 0 Å². The smallest absolute Gasteiger partial charge is 0.290 e. The molecule has 1 fully saturated rings. The zero-order valence-corrected chi connectivity index (χ0v) is 11.4. The number of ether oxygens (including phenoxy) is 1. The van der Waals surface area contributed by atoms with Crippen molar-refractivity contribution < 1.29 is 4.74 Å². The molecular formula is C15H17N3O2. The normalized spacial score (nSPS) is 18.2. The maximum atomic E-state index is 11.9. The van der Waals surface area contributed by atoms with Crippen molar-refractivity contribution in [1.82, 2.24) is 9.97 Å². The van der Waals surface area contributed by atoms with Crippen LogP contribution in [0.5, 0.6) is 5.75 Å². The fraction of sp³-hybridized carbons (Fsp3) is 0.333. The van der Waals surface area contributed by atoms with Crippen molar-refractivity contribution in [3.8, 4) is 5.75 Å². The SMILES string of the molecule is COc1ccccc1C1CCCN1c1ncc[nH]c1=O. The summed E-state index contributed by atoms with van der Waals surface area (Å²) >= 11 is 0. The molecule has 1 atom stereocenters. The standard InChI is InChI=1S/C15H17N3O2/c1-20-13-7-3-2-5-11(13)12-6-4-10-18(12)14-15(19)17-9-8-16-14/h2-3,5,7-9,12H,4,6,10H2,1H3,(H,17,19). The summed E-state index contributed by atoms with van der Waals surface area (Å²) in [4.78, 5) is 20.9. The van der Waals surface area contributed by atoms with Crippen LogP contribution in [0, 0.1) is 0 Å². The quantitative estimate of drug-likeness (QED) is 0.929. The second-order valence-electron chi connectivity index (χ2n) is 4.84. The number of benzene rings is 1. The molecule has 2 aromatic rings. The lowest BCUT2D eigenvalue weighted by Gasteiger charge is -2.26. The Morgan fingerprint density at radius 2 is 2.25 bits per heavy atom. The van der Waals surface area contributed by atoms with Crippen LogP contribution in [-0.2, 0) is 0 Å². The number of hydrogen-bond acceptors (Lipinski definition) is 4. The van der Waals surface area contributed by atoms with Gasteiger partial charge in [0.2, 0.25) is 0 Å². The molecule has 1 N–H and O–H groups in total. The monoisotopic (exact) mass is 271 g/mol. The molecule has 0 saturated carbocycles. The number of anilines is 1. The Bertz CT molecular complexity index is 653. The predicted molar refractivity (Wildman–Crippen MR) is 77.2 cm³/mol. The van der Waals surface area contributed by atoms with Crippen LogP contribution in [0.15, 0.2) is 41.5 Å². The van der Waals surface area contributed by atoms with Gasteiger partial charge in [0, 0.05) is 24.5 Å². The van der Waals surface area contributed by atoms with Gasteiger partial charge in [0.05, 0.1) is 13.2 Å². The zero-order chi connectivity index (χ0) is 13.9. The predicted octanol–water partition coefficient (Wildman–Crippen LogP) is 2.12. The van der Waals surface area contributed by atoms with E-state index in [1.807, 2.05) is 18.2 Å². The van der Waals surface area contributed by atoms with Gasteiger partial charge in [0.15, 0.2) is 5.82 Å². The molecule has 1 saturated heterocycles. The molecule has 5 heteroatoms. The van der Waals surface area contributed by atoms with Crippen molar-refractivity contribution in [3.05, 3.63) is 52.6 Å². The third kappa shape index (κ3) is 2.15. The lowest BCUT2D eigenvalue weighted by Crippen LogP contribution is -2.29. The van der Waals surface area contributed by atoms with E-state index in [4.69, 9.17) is 4.74 Å². The molecule has 1 aliphatic rings. The third-order valence-electron chi connectivity index (χ3n) is 3.71. The van der Waals surface area contributed by atoms with Gasteiger partial charge < -0.3 is 14.6 Å². The third-order valence-corrected chi connectivity index (χ3v) is 3.71. The minimum Gasteiger partial charge on any atom is -0.496 e. The molecule has 20 heavy (non-hydrogen) atoms. The Balaban J connectivity index is 2.01. The summed E-state index contributed by atoms with van der Waals surface area (Å²) in [6.07, 6.45) is 5.21. The highest BCUT2D eigenvalue weighted by molar-refractivity contribution is 5.46. The van der Waals surface area contributed by atoms with Crippen molar-refractivity contribution in [1.29, 1.82) is 0 Å². The number of hydrogen-bond donors (Lipinski definition) is 1. The first kappa shape index (κ1) is 12.7. The summed E-state index contributed by atoms with van der Waals surface area (Å²) in [5, 5.41) is 0. The van der Waals surface area contributed by atoms with Gasteiger partial charge in [-0.05, 0) is 18.9 Å². The van der Waals surface area contributed by atoms with E-state index in [2.05, 4.69) is 20.9 Å². The van der Waals surface area contributed by atoms with Crippen LogP contribution in [-0.4, -0.2) is 23.6 Å². The Kier molecular flexibility index (Phi) is 3.41. The molecule has 1 aromatic carbocycles. The molecule has 0 bridgehead atoms. The second-order valence-corrected chi connectivity index (χ2v) is 4.84. The highest BCUT2D eigenvalue weighted by Gasteiger charge is 2.30. The molecule has 3 rings (SSSR count). The van der Waals surface area contributed by atoms with E-state index in [1.54, 1.807) is 19.5 Å². The van der Waals surface area contributed by atoms with Gasteiger partial charge in [-0.2, -0.15) is 0 Å². The van der Waals surface area contributed by atoms with Gasteiger partial charge in [-0.3, -0.25) is 4.79 Å². The molecule has 0 amide bonds. The molecule has 1 aliphatic heterocycles. The highest BCUT2D eigenvalue weighted by atomic mass is 16.5. The van der Waals surface area contributed by atoms with Crippen LogP contribution < -0.4 is 15.2 Å². The summed E-state index contributed by atoms with van der Waals surface area (Å²) in [6, 6.07) is 8.10. The van der Waals surface area contributed by atoms with Crippen molar-refractivity contribution in [3.63, 3.8) is 0 Å². The van der Waals surface area contributed by atoms with E-state index in [1.165, 1.54) is 0 Å². The molecule has 0 spiro atoms. The molecule has 104 valence electrons. The number of aromatic nitrogens is 2. The van der Waals surface area contributed by atoms with E-state index in [0.717, 1.165) is 30.7 Å². The van der Waals surface area contributed by atoms with Gasteiger partial charge in [0.25, 0.3) is 5.56 Å². The minimum absolute atomic E-state index is 0.141. The van der Waals surface area contributed by atoms with Gasteiger partial charge in [0.1, 0.15) is 5.75 Å². The lowest BCUT2D eigenvalue weighted by molar-refractivity contribution is 0.405. The van der Waals surface area contributed by atoms with Crippen LogP contribution in [0.4, 0.5) is 5.82 Å². The Morgan fingerprint density at radius 3 is 3.05 bits per heavy atom. The molecule has 5 nitrogen and oxygen atoms in total. The fourth-order valence-corrected chi connectivity index (χ4v) is 2.83. The first-order valence-electron chi connectivity index (χ1n) is 6.74. The maximum Gasteiger partial charge on any atom is 0.290 e. The van der Waals surface area contributed by atoms with E-state index < -0.39 is 0 Å². The van der Waals surface area contributed by atoms with Gasteiger partial charge in [-0.25, -0.2) is 4.98 Å². The number of rotatable bonds is 3. The first-order valence-corrected chi connectivity index (χ1v) is 6.74. The number of nitrogens with one attached hydrogen (secondary N) is 1. The van der Waals surface area contributed by atoms with Crippen molar-refractivity contribution in [2.75, 3.05) is 18.6 Å². The van der Waals surface area contributed by atoms with E-state index in [0.29, 0.717) is 5.82 Å². The molecule has 1 aromatic heterocycles. The van der Waals surface area contributed by atoms with Crippen LogP contribution in [0.3, 0.4) is 0 Å². The van der Waals surface area contributed by atoms with E-state index in [-0.39, 0.29) is 11.6 Å². The number of methoxy groups -OCH3 is 1. The molecule has 0 radical (unpaired) electrons. The summed E-state index contributed by atoms with van der Waals surface area (Å²) in [6.45, 7) is 0.836. The number of H-pyrrole nitrogens is 1. The Hall–Kier alpha value is -2.30. The largest absolute Gasteiger partial charge is 0.496 e. The van der Waals surface area contributed by atoms with Crippen LogP contribution in [0.1, 0.15) is 24.4 Å². The summed E-state index contributed by atoms with van der Waals surface area (Å²) < 4.78 is 5.44. The summed E-state index contributed by atoms with van der Waals surface area (Å²) in [5.74, 6) is 1.35. The van der Waals surface area contributed by atoms with Crippen molar-refractivity contribution in [2.45, 2.75) is 18.9 Å². The van der Waals surface area contributed by atoms with Crippen LogP contribution >= 0.6 is 0 Å². The first-order chi connectivity index (χ1) is 9.81. The topological polar surface area (TPSA) is 58.2 Å². The molecule has 1 unspecified atom stereocenters. The van der Waals surface area contributed by atoms with Crippen molar-refractivity contribution in [2.24, 2.45) is 0 Å². The fourth-order valence-electron chi connectivity index (χ4n) is 2.83. The van der Waals surface area contributed by atoms with Crippen LogP contribution in [0.2, 0.25) is 0 Å². The number of para-hydroxylation sites is 1. The molecule has 0 aliphatic carbocycles. The van der Waals surface area contributed by atoms with Crippen molar-refractivity contribution >= 4 is 5.82 Å². The average molecular weight is 271 g/mol. The summed E-state index contributed by atoms with van der Waals surface area (Å²) in [7, 11) is 1.67. The second kappa shape index (κ2) is 5.36.